The average molecular weight is 179 g/mol. The van der Waals surface area contributed by atoms with Crippen LogP contribution >= 0.6 is 0 Å². The minimum atomic E-state index is 0.802. The van der Waals surface area contributed by atoms with Gasteiger partial charge in [0.1, 0.15) is 0 Å². The molecule has 0 aliphatic heterocycles. The van der Waals surface area contributed by atoms with Crippen molar-refractivity contribution in [2.45, 2.75) is 38.5 Å². The molecular formula is C12H21N. The molecule has 13 heavy (non-hydrogen) atoms. The van der Waals surface area contributed by atoms with E-state index in [4.69, 9.17) is 6.42 Å². The van der Waals surface area contributed by atoms with E-state index in [0.717, 1.165) is 12.5 Å². The standard InChI is InChI=1S/C12H21N/c1-3-10-13(2)11-12-8-6-4-5-7-9-12/h1,12H,4-11H2,2H3. The summed E-state index contributed by atoms with van der Waals surface area (Å²) in [6.45, 7) is 2.00. The number of hydrogen-bond donors (Lipinski definition) is 0. The molecule has 0 aromatic heterocycles. The van der Waals surface area contributed by atoms with Crippen LogP contribution in [0.4, 0.5) is 0 Å². The summed E-state index contributed by atoms with van der Waals surface area (Å²) in [5.41, 5.74) is 0. The van der Waals surface area contributed by atoms with Crippen LogP contribution in [0.2, 0.25) is 0 Å². The Bertz CT molecular complexity index is 160. The molecule has 74 valence electrons. The van der Waals surface area contributed by atoms with Crippen LogP contribution in [-0.2, 0) is 0 Å². The zero-order valence-corrected chi connectivity index (χ0v) is 8.76. The third-order valence-electron chi connectivity index (χ3n) is 2.91. The summed E-state index contributed by atoms with van der Waals surface area (Å²) in [4.78, 5) is 2.27. The van der Waals surface area contributed by atoms with Gasteiger partial charge in [0.2, 0.25) is 0 Å². The number of terminal acetylenes is 1. The third kappa shape index (κ3) is 4.33. The zero-order valence-electron chi connectivity index (χ0n) is 8.76. The largest absolute Gasteiger partial charge is 0.295 e. The van der Waals surface area contributed by atoms with Crippen molar-refractivity contribution in [3.05, 3.63) is 0 Å². The zero-order chi connectivity index (χ0) is 9.52. The van der Waals surface area contributed by atoms with E-state index in [0.29, 0.717) is 0 Å². The lowest BCUT2D eigenvalue weighted by atomic mass is 10.00. The number of nitrogens with zero attached hydrogens (tertiary/aromatic N) is 1. The normalized spacial score (nSPS) is 19.8. The van der Waals surface area contributed by atoms with Gasteiger partial charge in [-0.2, -0.15) is 0 Å². The van der Waals surface area contributed by atoms with Crippen molar-refractivity contribution < 1.29 is 0 Å². The maximum absolute atomic E-state index is 5.27. The van der Waals surface area contributed by atoms with Crippen molar-refractivity contribution in [3.8, 4) is 12.3 Å². The van der Waals surface area contributed by atoms with E-state index in [1.807, 2.05) is 0 Å². The molecule has 0 unspecified atom stereocenters. The van der Waals surface area contributed by atoms with Gasteiger partial charge in [-0.05, 0) is 25.8 Å². The Hall–Kier alpha value is -0.480. The second-order valence-electron chi connectivity index (χ2n) is 4.26. The van der Waals surface area contributed by atoms with Crippen molar-refractivity contribution in [1.82, 2.24) is 4.90 Å². The van der Waals surface area contributed by atoms with Gasteiger partial charge in [0.05, 0.1) is 6.54 Å². The molecule has 1 nitrogen and oxygen atoms in total. The van der Waals surface area contributed by atoms with Gasteiger partial charge in [-0.15, -0.1) is 6.42 Å². The van der Waals surface area contributed by atoms with Crippen LogP contribution in [0, 0.1) is 18.3 Å². The molecular weight excluding hydrogens is 158 g/mol. The van der Waals surface area contributed by atoms with Crippen molar-refractivity contribution in [3.63, 3.8) is 0 Å². The molecule has 0 aromatic carbocycles. The SMILES string of the molecule is C#CCN(C)CC1CCCCCC1. The molecule has 1 heteroatoms. The first-order chi connectivity index (χ1) is 6.33. The summed E-state index contributed by atoms with van der Waals surface area (Å²) < 4.78 is 0. The summed E-state index contributed by atoms with van der Waals surface area (Å²) >= 11 is 0. The van der Waals surface area contributed by atoms with E-state index in [2.05, 4.69) is 17.9 Å². The molecule has 1 aliphatic rings. The molecule has 1 fully saturated rings. The fourth-order valence-corrected chi connectivity index (χ4v) is 2.21. The second-order valence-corrected chi connectivity index (χ2v) is 4.26. The molecule has 0 amide bonds. The first-order valence-corrected chi connectivity index (χ1v) is 5.45. The lowest BCUT2D eigenvalue weighted by Gasteiger charge is -2.20. The van der Waals surface area contributed by atoms with Crippen molar-refractivity contribution in [2.75, 3.05) is 20.1 Å². The number of hydrogen-bond acceptors (Lipinski definition) is 1. The summed E-state index contributed by atoms with van der Waals surface area (Å²) in [6, 6.07) is 0. The lowest BCUT2D eigenvalue weighted by molar-refractivity contribution is 0.284. The van der Waals surface area contributed by atoms with Crippen LogP contribution in [0.3, 0.4) is 0 Å². The van der Waals surface area contributed by atoms with Gasteiger partial charge in [-0.3, -0.25) is 4.90 Å². The molecule has 1 aliphatic carbocycles. The highest BCUT2D eigenvalue weighted by Gasteiger charge is 2.13. The molecule has 0 atom stereocenters. The van der Waals surface area contributed by atoms with Crippen LogP contribution < -0.4 is 0 Å². The van der Waals surface area contributed by atoms with Crippen LogP contribution in [0.1, 0.15) is 38.5 Å². The Balaban J connectivity index is 2.22. The fourth-order valence-electron chi connectivity index (χ4n) is 2.21. The molecule has 0 saturated heterocycles. The van der Waals surface area contributed by atoms with Gasteiger partial charge in [0, 0.05) is 6.54 Å². The summed E-state index contributed by atoms with van der Waals surface area (Å²) in [7, 11) is 2.13. The van der Waals surface area contributed by atoms with Gasteiger partial charge in [-0.1, -0.05) is 31.6 Å². The molecule has 0 radical (unpaired) electrons. The first-order valence-electron chi connectivity index (χ1n) is 5.45. The van der Waals surface area contributed by atoms with Gasteiger partial charge in [0.15, 0.2) is 0 Å². The van der Waals surface area contributed by atoms with Crippen molar-refractivity contribution >= 4 is 0 Å². The Morgan fingerprint density at radius 3 is 2.38 bits per heavy atom. The Kier molecular flexibility index (Phi) is 4.93. The predicted octanol–water partition coefficient (Wildman–Crippen LogP) is 2.52. The minimum Gasteiger partial charge on any atom is -0.295 e. The molecule has 1 saturated carbocycles. The van der Waals surface area contributed by atoms with E-state index in [9.17, 15) is 0 Å². The van der Waals surface area contributed by atoms with Crippen molar-refractivity contribution in [2.24, 2.45) is 5.92 Å². The van der Waals surface area contributed by atoms with Gasteiger partial charge in [-0.25, -0.2) is 0 Å². The van der Waals surface area contributed by atoms with E-state index < -0.39 is 0 Å². The highest BCUT2D eigenvalue weighted by molar-refractivity contribution is 4.87. The van der Waals surface area contributed by atoms with E-state index in [1.165, 1.54) is 45.1 Å². The fraction of sp³-hybridized carbons (Fsp3) is 0.833. The summed E-state index contributed by atoms with van der Waals surface area (Å²) in [5.74, 6) is 3.60. The molecule has 0 heterocycles. The van der Waals surface area contributed by atoms with Crippen LogP contribution in [0.25, 0.3) is 0 Å². The Morgan fingerprint density at radius 1 is 1.23 bits per heavy atom. The first kappa shape index (κ1) is 10.6. The lowest BCUT2D eigenvalue weighted by Crippen LogP contribution is -2.25. The van der Waals surface area contributed by atoms with Crippen LogP contribution in [0.15, 0.2) is 0 Å². The smallest absolute Gasteiger partial charge is 0.0596 e. The van der Waals surface area contributed by atoms with Gasteiger partial charge < -0.3 is 0 Å². The predicted molar refractivity (Wildman–Crippen MR) is 57.5 cm³/mol. The monoisotopic (exact) mass is 179 g/mol. The van der Waals surface area contributed by atoms with Gasteiger partial charge >= 0.3 is 0 Å². The molecule has 0 spiro atoms. The van der Waals surface area contributed by atoms with E-state index in [1.54, 1.807) is 0 Å². The molecule has 0 aromatic rings. The maximum Gasteiger partial charge on any atom is 0.0596 e. The van der Waals surface area contributed by atoms with Crippen molar-refractivity contribution in [1.29, 1.82) is 0 Å². The summed E-state index contributed by atoms with van der Waals surface area (Å²) in [6.07, 6.45) is 13.8. The molecule has 1 rings (SSSR count). The summed E-state index contributed by atoms with van der Waals surface area (Å²) in [5, 5.41) is 0. The maximum atomic E-state index is 5.27. The highest BCUT2D eigenvalue weighted by atomic mass is 15.1. The van der Waals surface area contributed by atoms with Crippen LogP contribution in [-0.4, -0.2) is 25.0 Å². The molecule has 0 N–H and O–H groups in total. The molecule has 0 bridgehead atoms. The van der Waals surface area contributed by atoms with Crippen LogP contribution in [0.5, 0.6) is 0 Å². The minimum absolute atomic E-state index is 0.802. The topological polar surface area (TPSA) is 3.24 Å². The Morgan fingerprint density at radius 2 is 1.85 bits per heavy atom. The second kappa shape index (κ2) is 6.05. The van der Waals surface area contributed by atoms with E-state index >= 15 is 0 Å². The Labute approximate surface area is 82.5 Å². The van der Waals surface area contributed by atoms with Gasteiger partial charge in [0.25, 0.3) is 0 Å². The average Bonchev–Trinajstić information content (AvgIpc) is 2.33. The third-order valence-corrected chi connectivity index (χ3v) is 2.91. The number of rotatable bonds is 3. The van der Waals surface area contributed by atoms with E-state index in [-0.39, 0.29) is 0 Å². The quantitative estimate of drug-likeness (QED) is 0.475. The highest BCUT2D eigenvalue weighted by Crippen LogP contribution is 2.23.